The number of rotatable bonds is 3. The molecule has 0 amide bonds. The number of para-hydroxylation sites is 2. The molecule has 0 saturated heterocycles. The Morgan fingerprint density at radius 2 is 1.52 bits per heavy atom. The molecule has 5 aromatic carbocycles. The summed E-state index contributed by atoms with van der Waals surface area (Å²) in [4.78, 5) is 11.7. The Morgan fingerprint density at radius 3 is 2.44 bits per heavy atom. The fraction of sp³-hybridized carbons (Fsp3) is 0.0732. The van der Waals surface area contributed by atoms with Crippen LogP contribution in [0.25, 0.3) is 49.3 Å². The molecule has 9 aromatic rings. The topological polar surface area (TPSA) is 55.8 Å². The van der Waals surface area contributed by atoms with Gasteiger partial charge in [0.2, 0.25) is 0 Å². The molecular formula is C41H26N4O2Pd. The smallest absolute Gasteiger partial charge is 0.503 e. The quantitative estimate of drug-likeness (QED) is 0.104. The third kappa shape index (κ3) is 4.02. The number of aromatic nitrogens is 3. The summed E-state index contributed by atoms with van der Waals surface area (Å²) in [5, 5.41) is 5.34. The van der Waals surface area contributed by atoms with Gasteiger partial charge in [0, 0.05) is 62.9 Å². The first kappa shape index (κ1) is 28.7. The normalized spacial score (nSPS) is 13.6. The second-order valence-electron chi connectivity index (χ2n) is 12.5. The number of anilines is 3. The maximum Gasteiger partial charge on any atom is 2.00 e. The van der Waals surface area contributed by atoms with Crippen molar-refractivity contribution in [1.82, 2.24) is 14.4 Å². The van der Waals surface area contributed by atoms with Gasteiger partial charge in [-0.25, -0.2) is 4.98 Å². The number of benzene rings is 5. The Bertz CT molecular complexity index is 2730. The van der Waals surface area contributed by atoms with Crippen molar-refractivity contribution in [2.24, 2.45) is 0 Å². The van der Waals surface area contributed by atoms with E-state index in [4.69, 9.17) is 14.1 Å². The van der Waals surface area contributed by atoms with Crippen LogP contribution in [0.4, 0.5) is 17.2 Å². The Morgan fingerprint density at radius 1 is 0.708 bits per heavy atom. The molecule has 0 radical (unpaired) electrons. The van der Waals surface area contributed by atoms with Gasteiger partial charge in [0.05, 0.1) is 11.3 Å². The van der Waals surface area contributed by atoms with E-state index in [9.17, 15) is 0 Å². The van der Waals surface area contributed by atoms with Gasteiger partial charge < -0.3 is 18.5 Å². The molecule has 0 saturated carbocycles. The van der Waals surface area contributed by atoms with Crippen LogP contribution < -0.4 is 9.64 Å². The fourth-order valence-electron chi connectivity index (χ4n) is 7.40. The SMILES string of the molecule is CC1(C)c2cccnc2N(c2[c-]c(Oc3[c-]c4c(cc3)c3ccccc3n3ccnc43)ccc2)c2ccc3c(oc4ccccc43)c21.[Pd+2]. The van der Waals surface area contributed by atoms with Crippen LogP contribution in [0.1, 0.15) is 25.0 Å². The number of ether oxygens (including phenoxy) is 1. The van der Waals surface area contributed by atoms with E-state index < -0.39 is 0 Å². The summed E-state index contributed by atoms with van der Waals surface area (Å²) in [6.07, 6.45) is 5.65. The number of pyridine rings is 2. The van der Waals surface area contributed by atoms with E-state index in [-0.39, 0.29) is 25.8 Å². The zero-order valence-electron chi connectivity index (χ0n) is 26.0. The molecule has 5 heterocycles. The zero-order valence-corrected chi connectivity index (χ0v) is 27.5. The predicted molar refractivity (Wildman–Crippen MR) is 186 cm³/mol. The van der Waals surface area contributed by atoms with Gasteiger partial charge in [-0.05, 0) is 35.7 Å². The molecule has 0 bridgehead atoms. The first-order valence-electron chi connectivity index (χ1n) is 15.7. The molecule has 1 aliphatic rings. The van der Waals surface area contributed by atoms with Crippen LogP contribution in [0.3, 0.4) is 0 Å². The van der Waals surface area contributed by atoms with E-state index >= 15 is 0 Å². The molecule has 232 valence electrons. The first-order valence-corrected chi connectivity index (χ1v) is 15.7. The summed E-state index contributed by atoms with van der Waals surface area (Å²) in [6.45, 7) is 4.49. The molecular weight excluding hydrogens is 687 g/mol. The van der Waals surface area contributed by atoms with Crippen molar-refractivity contribution >= 4 is 66.5 Å². The number of furan rings is 1. The van der Waals surface area contributed by atoms with E-state index in [2.05, 4.69) is 94.9 Å². The number of imidazole rings is 1. The van der Waals surface area contributed by atoms with Gasteiger partial charge in [-0.2, -0.15) is 6.07 Å². The van der Waals surface area contributed by atoms with Gasteiger partial charge in [0.25, 0.3) is 0 Å². The largest absolute Gasteiger partial charge is 2.00 e. The molecule has 4 aromatic heterocycles. The molecule has 7 heteroatoms. The van der Waals surface area contributed by atoms with Gasteiger partial charge >= 0.3 is 20.4 Å². The third-order valence-corrected chi connectivity index (χ3v) is 9.51. The van der Waals surface area contributed by atoms with Crippen molar-refractivity contribution in [3.05, 3.63) is 145 Å². The molecule has 0 spiro atoms. The fourth-order valence-corrected chi connectivity index (χ4v) is 7.40. The maximum absolute atomic E-state index is 6.58. The monoisotopic (exact) mass is 712 g/mol. The van der Waals surface area contributed by atoms with E-state index in [1.165, 1.54) is 0 Å². The predicted octanol–water partition coefficient (Wildman–Crippen LogP) is 10.4. The van der Waals surface area contributed by atoms with Crippen molar-refractivity contribution in [1.29, 1.82) is 0 Å². The van der Waals surface area contributed by atoms with Gasteiger partial charge in [0.1, 0.15) is 17.0 Å². The number of hydrogen-bond donors (Lipinski definition) is 0. The average Bonchev–Trinajstić information content (AvgIpc) is 3.74. The zero-order chi connectivity index (χ0) is 31.3. The maximum atomic E-state index is 6.58. The summed E-state index contributed by atoms with van der Waals surface area (Å²) in [6, 6.07) is 42.1. The third-order valence-electron chi connectivity index (χ3n) is 9.51. The number of nitrogens with zero attached hydrogens (tertiary/aromatic N) is 4. The van der Waals surface area contributed by atoms with Crippen LogP contribution in [0.15, 0.2) is 126 Å². The molecule has 0 unspecified atom stereocenters. The van der Waals surface area contributed by atoms with Crippen LogP contribution in [-0.2, 0) is 25.8 Å². The summed E-state index contributed by atoms with van der Waals surface area (Å²) in [5.74, 6) is 2.03. The molecule has 6 nitrogen and oxygen atoms in total. The molecule has 48 heavy (non-hydrogen) atoms. The molecule has 0 fully saturated rings. The Hall–Kier alpha value is -5.48. The van der Waals surface area contributed by atoms with Gasteiger partial charge in [-0.3, -0.25) is 4.98 Å². The number of hydrogen-bond acceptors (Lipinski definition) is 5. The van der Waals surface area contributed by atoms with Crippen LogP contribution >= 0.6 is 0 Å². The van der Waals surface area contributed by atoms with Crippen LogP contribution in [0.2, 0.25) is 0 Å². The Labute approximate surface area is 289 Å². The van der Waals surface area contributed by atoms with E-state index in [0.29, 0.717) is 11.5 Å². The summed E-state index contributed by atoms with van der Waals surface area (Å²) in [5.41, 5.74) is 7.41. The number of fused-ring (bicyclic) bond motifs is 12. The van der Waals surface area contributed by atoms with Crippen molar-refractivity contribution in [2.45, 2.75) is 19.3 Å². The molecule has 0 aliphatic carbocycles. The minimum Gasteiger partial charge on any atom is -0.503 e. The first-order chi connectivity index (χ1) is 23.1. The van der Waals surface area contributed by atoms with Gasteiger partial charge in [0.15, 0.2) is 0 Å². The second-order valence-corrected chi connectivity index (χ2v) is 12.5. The minimum absolute atomic E-state index is 0. The van der Waals surface area contributed by atoms with Crippen molar-refractivity contribution in [3.8, 4) is 11.5 Å². The van der Waals surface area contributed by atoms with Crippen molar-refractivity contribution < 1.29 is 29.6 Å². The molecule has 0 N–H and O–H groups in total. The second kappa shape index (κ2) is 10.5. The van der Waals surface area contributed by atoms with Crippen molar-refractivity contribution in [2.75, 3.05) is 4.90 Å². The van der Waals surface area contributed by atoms with Crippen LogP contribution in [0.5, 0.6) is 11.5 Å². The Kier molecular flexibility index (Phi) is 6.29. The van der Waals surface area contributed by atoms with E-state index in [1.807, 2.05) is 67.1 Å². The summed E-state index contributed by atoms with van der Waals surface area (Å²) in [7, 11) is 0. The van der Waals surface area contributed by atoms with Crippen molar-refractivity contribution in [3.63, 3.8) is 0 Å². The van der Waals surface area contributed by atoms with Crippen LogP contribution in [0, 0.1) is 12.1 Å². The molecule has 1 aliphatic heterocycles. The standard InChI is InChI=1S/C41H26N4O2.Pd/c1-41(2)33-13-8-20-42-40(33)45(35-19-18-31-30-12-4-6-15-36(30)47-38(31)37(35)41)25-9-7-10-26(23-25)46-27-16-17-28-29-11-3-5-14-34(29)44-22-21-43-39(44)32(28)24-27;/h3-22H,1-2H3;/q-2;+2. The molecule has 0 atom stereocenters. The summed E-state index contributed by atoms with van der Waals surface area (Å²) < 4.78 is 15.2. The average molecular weight is 713 g/mol. The molecule has 10 rings (SSSR count). The summed E-state index contributed by atoms with van der Waals surface area (Å²) >= 11 is 0. The van der Waals surface area contributed by atoms with Gasteiger partial charge in [-0.1, -0.05) is 78.8 Å². The van der Waals surface area contributed by atoms with Crippen LogP contribution in [-0.4, -0.2) is 14.4 Å². The van der Waals surface area contributed by atoms with E-state index in [0.717, 1.165) is 77.6 Å². The van der Waals surface area contributed by atoms with Gasteiger partial charge in [-0.15, -0.1) is 30.3 Å². The Balaban J connectivity index is 0.00000314. The van der Waals surface area contributed by atoms with E-state index in [1.54, 1.807) is 0 Å². The minimum atomic E-state index is -0.362.